The molecular weight excluding hydrogens is 256 g/mol. The van der Waals surface area contributed by atoms with E-state index < -0.39 is 0 Å². The number of hydrogen-bond acceptors (Lipinski definition) is 5. The number of nitrogen functional groups attached to an aromatic ring is 1. The number of aromatic nitrogens is 3. The summed E-state index contributed by atoms with van der Waals surface area (Å²) in [7, 11) is 0. The largest absolute Gasteiger partial charge is 0.384 e. The van der Waals surface area contributed by atoms with E-state index in [9.17, 15) is 0 Å². The summed E-state index contributed by atoms with van der Waals surface area (Å²) < 4.78 is 7.29. The van der Waals surface area contributed by atoms with Crippen LogP contribution in [-0.4, -0.2) is 40.1 Å². The van der Waals surface area contributed by atoms with E-state index in [0.717, 1.165) is 31.7 Å². The van der Waals surface area contributed by atoms with Crippen molar-refractivity contribution in [3.63, 3.8) is 0 Å². The third-order valence-electron chi connectivity index (χ3n) is 3.54. The normalized spacial score (nSPS) is 18.7. The monoisotopic (exact) mass is 274 g/mol. The summed E-state index contributed by atoms with van der Waals surface area (Å²) in [4.78, 5) is 8.45. The van der Waals surface area contributed by atoms with Crippen LogP contribution in [0.25, 0.3) is 11.2 Å². The molecule has 2 aromatic rings. The molecule has 7 heteroatoms. The molecule has 7 nitrogen and oxygen atoms in total. The number of ether oxygens (including phenoxy) is 1. The Kier molecular flexibility index (Phi) is 3.62. The van der Waals surface area contributed by atoms with E-state index in [1.165, 1.54) is 0 Å². The smallest absolute Gasteiger partial charge is 0.178 e. The maximum absolute atomic E-state index is 7.64. The van der Waals surface area contributed by atoms with Gasteiger partial charge in [0, 0.05) is 24.9 Å². The fraction of sp³-hybridized carbons (Fsp3) is 0.462. The first-order valence-electron chi connectivity index (χ1n) is 6.68. The van der Waals surface area contributed by atoms with Crippen LogP contribution in [0.3, 0.4) is 0 Å². The van der Waals surface area contributed by atoms with E-state index in [4.69, 9.17) is 15.9 Å². The van der Waals surface area contributed by atoms with Gasteiger partial charge in [0.1, 0.15) is 5.84 Å². The van der Waals surface area contributed by atoms with E-state index >= 15 is 0 Å². The van der Waals surface area contributed by atoms with E-state index in [1.807, 2.05) is 4.57 Å². The molecule has 1 aliphatic heterocycles. The van der Waals surface area contributed by atoms with Crippen molar-refractivity contribution in [1.29, 1.82) is 5.41 Å². The summed E-state index contributed by atoms with van der Waals surface area (Å²) in [5.41, 5.74) is 7.69. The summed E-state index contributed by atoms with van der Waals surface area (Å²) >= 11 is 0. The van der Waals surface area contributed by atoms with Crippen molar-refractivity contribution in [2.45, 2.75) is 13.1 Å². The average Bonchev–Trinajstić information content (AvgIpc) is 3.08. The summed E-state index contributed by atoms with van der Waals surface area (Å²) in [5, 5.41) is 11.0. The number of nitrogens with one attached hydrogen (secondary N) is 2. The molecule has 0 saturated carbocycles. The van der Waals surface area contributed by atoms with Gasteiger partial charge in [-0.1, -0.05) is 0 Å². The number of rotatable bonds is 5. The first-order chi connectivity index (χ1) is 9.75. The van der Waals surface area contributed by atoms with Gasteiger partial charge < -0.3 is 15.0 Å². The van der Waals surface area contributed by atoms with Crippen molar-refractivity contribution in [3.8, 4) is 0 Å². The third kappa shape index (κ3) is 2.50. The molecule has 2 aromatic heterocycles. The third-order valence-corrected chi connectivity index (χ3v) is 3.54. The molecule has 3 rings (SSSR count). The number of nitrogens with two attached hydrogens (primary N) is 1. The van der Waals surface area contributed by atoms with Crippen LogP contribution in [0.5, 0.6) is 0 Å². The van der Waals surface area contributed by atoms with Crippen LogP contribution in [-0.2, 0) is 11.4 Å². The number of fused-ring (bicyclic) bond motifs is 1. The predicted octanol–water partition coefficient (Wildman–Crippen LogP) is 0.299. The van der Waals surface area contributed by atoms with Crippen molar-refractivity contribution in [2.75, 3.05) is 19.8 Å². The molecule has 1 atom stereocenters. The highest BCUT2D eigenvalue weighted by atomic mass is 16.5. The van der Waals surface area contributed by atoms with E-state index in [0.29, 0.717) is 23.8 Å². The standard InChI is InChI=1S/C13H18N6O/c14-12(15)10-1-3-17-13-11(10)19(8-18-13)7-16-5-9-2-4-20-6-9/h1,3,8-9,16H,2,4-7H2,(H3,14,15). The van der Waals surface area contributed by atoms with Gasteiger partial charge in [-0.3, -0.25) is 10.7 Å². The maximum Gasteiger partial charge on any atom is 0.178 e. The molecule has 0 amide bonds. The Balaban J connectivity index is 1.75. The van der Waals surface area contributed by atoms with Gasteiger partial charge in [-0.15, -0.1) is 0 Å². The Labute approximate surface area is 116 Å². The highest BCUT2D eigenvalue weighted by molar-refractivity contribution is 6.04. The molecule has 0 bridgehead atoms. The Morgan fingerprint density at radius 1 is 1.55 bits per heavy atom. The second kappa shape index (κ2) is 5.56. The van der Waals surface area contributed by atoms with Crippen molar-refractivity contribution in [1.82, 2.24) is 19.9 Å². The summed E-state index contributed by atoms with van der Waals surface area (Å²) in [5.74, 6) is 0.610. The Hall–Kier alpha value is -1.99. The highest BCUT2D eigenvalue weighted by Crippen LogP contribution is 2.15. The lowest BCUT2D eigenvalue weighted by Crippen LogP contribution is -2.25. The minimum atomic E-state index is 0.0309. The molecule has 1 fully saturated rings. The molecule has 1 aliphatic rings. The summed E-state index contributed by atoms with van der Waals surface area (Å²) in [6.45, 7) is 3.23. The molecule has 0 spiro atoms. The Morgan fingerprint density at radius 2 is 2.45 bits per heavy atom. The second-order valence-corrected chi connectivity index (χ2v) is 5.00. The zero-order chi connectivity index (χ0) is 13.9. The van der Waals surface area contributed by atoms with Crippen LogP contribution < -0.4 is 11.1 Å². The SMILES string of the molecule is N=C(N)c1ccnc2ncn(CNCC3CCOC3)c12. The van der Waals surface area contributed by atoms with Gasteiger partial charge >= 0.3 is 0 Å². The van der Waals surface area contributed by atoms with Crippen LogP contribution in [0.1, 0.15) is 12.0 Å². The Morgan fingerprint density at radius 3 is 3.20 bits per heavy atom. The van der Waals surface area contributed by atoms with Crippen LogP contribution in [0.2, 0.25) is 0 Å². The fourth-order valence-corrected chi connectivity index (χ4v) is 2.47. The number of imidazole rings is 1. The van der Waals surface area contributed by atoms with Crippen molar-refractivity contribution in [3.05, 3.63) is 24.2 Å². The van der Waals surface area contributed by atoms with Gasteiger partial charge in [0.05, 0.1) is 25.1 Å². The zero-order valence-electron chi connectivity index (χ0n) is 11.2. The fourth-order valence-electron chi connectivity index (χ4n) is 2.47. The van der Waals surface area contributed by atoms with Crippen LogP contribution in [0.15, 0.2) is 18.6 Å². The van der Waals surface area contributed by atoms with E-state index in [2.05, 4.69) is 15.3 Å². The molecule has 20 heavy (non-hydrogen) atoms. The molecule has 1 saturated heterocycles. The van der Waals surface area contributed by atoms with Gasteiger partial charge in [-0.05, 0) is 18.4 Å². The van der Waals surface area contributed by atoms with Gasteiger partial charge in [0.2, 0.25) is 0 Å². The lowest BCUT2D eigenvalue weighted by atomic mass is 10.1. The lowest BCUT2D eigenvalue weighted by molar-refractivity contribution is 0.185. The Bertz CT molecular complexity index is 616. The van der Waals surface area contributed by atoms with Crippen LogP contribution in [0, 0.1) is 11.3 Å². The van der Waals surface area contributed by atoms with Gasteiger partial charge in [0.25, 0.3) is 0 Å². The molecule has 1 unspecified atom stereocenters. The van der Waals surface area contributed by atoms with E-state index in [1.54, 1.807) is 18.6 Å². The molecule has 0 aliphatic carbocycles. The highest BCUT2D eigenvalue weighted by Gasteiger charge is 2.15. The van der Waals surface area contributed by atoms with Crippen molar-refractivity contribution >= 4 is 17.0 Å². The first-order valence-corrected chi connectivity index (χ1v) is 6.68. The number of amidine groups is 1. The van der Waals surface area contributed by atoms with Gasteiger partial charge in [-0.25, -0.2) is 9.97 Å². The quantitative estimate of drug-likeness (QED) is 0.537. The van der Waals surface area contributed by atoms with Crippen LogP contribution in [0.4, 0.5) is 0 Å². The molecular formula is C13H18N6O. The number of nitrogens with zero attached hydrogens (tertiary/aromatic N) is 3. The summed E-state index contributed by atoms with van der Waals surface area (Å²) in [6.07, 6.45) is 4.46. The minimum Gasteiger partial charge on any atom is -0.384 e. The van der Waals surface area contributed by atoms with Crippen LogP contribution >= 0.6 is 0 Å². The topological polar surface area (TPSA) is 102 Å². The zero-order valence-corrected chi connectivity index (χ0v) is 11.2. The van der Waals surface area contributed by atoms with E-state index in [-0.39, 0.29) is 5.84 Å². The first kappa shape index (κ1) is 13.0. The maximum atomic E-state index is 7.64. The van der Waals surface area contributed by atoms with Crippen molar-refractivity contribution in [2.24, 2.45) is 11.7 Å². The van der Waals surface area contributed by atoms with Crippen molar-refractivity contribution < 1.29 is 4.74 Å². The summed E-state index contributed by atoms with van der Waals surface area (Å²) in [6, 6.07) is 1.74. The number of hydrogen-bond donors (Lipinski definition) is 3. The second-order valence-electron chi connectivity index (χ2n) is 5.00. The van der Waals surface area contributed by atoms with Gasteiger partial charge in [0.15, 0.2) is 5.65 Å². The number of pyridine rings is 1. The van der Waals surface area contributed by atoms with Gasteiger partial charge in [-0.2, -0.15) is 0 Å². The molecule has 106 valence electrons. The minimum absolute atomic E-state index is 0.0309. The predicted molar refractivity (Wildman–Crippen MR) is 75.5 cm³/mol. The molecule has 4 N–H and O–H groups in total. The molecule has 0 radical (unpaired) electrons. The lowest BCUT2D eigenvalue weighted by Gasteiger charge is -2.11. The molecule has 0 aromatic carbocycles. The average molecular weight is 274 g/mol. The molecule has 3 heterocycles.